The second kappa shape index (κ2) is 8.87. The van der Waals surface area contributed by atoms with E-state index in [0.29, 0.717) is 41.3 Å². The molecule has 32 heavy (non-hydrogen) atoms. The van der Waals surface area contributed by atoms with Crippen molar-refractivity contribution in [2.75, 3.05) is 13.2 Å². The van der Waals surface area contributed by atoms with Crippen LogP contribution in [0.2, 0.25) is 0 Å². The Morgan fingerprint density at radius 1 is 1.03 bits per heavy atom. The second-order valence-electron chi connectivity index (χ2n) is 9.02. The first-order valence-corrected chi connectivity index (χ1v) is 11.0. The molecule has 1 unspecified atom stereocenters. The average Bonchev–Trinajstić information content (AvgIpc) is 3.10. The zero-order valence-electron chi connectivity index (χ0n) is 19.3. The lowest BCUT2D eigenvalue weighted by Crippen LogP contribution is -2.13. The van der Waals surface area contributed by atoms with E-state index < -0.39 is 5.63 Å². The molecule has 3 aromatic rings. The maximum Gasteiger partial charge on any atom is 0.336 e. The molecule has 0 saturated carbocycles. The quantitative estimate of drug-likeness (QED) is 0.226. The van der Waals surface area contributed by atoms with Gasteiger partial charge in [-0.1, -0.05) is 17.2 Å². The van der Waals surface area contributed by atoms with Crippen molar-refractivity contribution in [3.8, 4) is 11.5 Å². The highest BCUT2D eigenvalue weighted by Gasteiger charge is 2.48. The van der Waals surface area contributed by atoms with Crippen LogP contribution in [-0.2, 0) is 4.74 Å². The number of rotatable bonds is 9. The van der Waals surface area contributed by atoms with Gasteiger partial charge in [-0.25, -0.2) is 4.79 Å². The van der Waals surface area contributed by atoms with Crippen molar-refractivity contribution in [3.63, 3.8) is 0 Å². The fourth-order valence-corrected chi connectivity index (χ4v) is 3.65. The summed E-state index contributed by atoms with van der Waals surface area (Å²) >= 11 is 0. The summed E-state index contributed by atoms with van der Waals surface area (Å²) < 4.78 is 29.1. The van der Waals surface area contributed by atoms with Crippen LogP contribution in [0.3, 0.4) is 0 Å². The summed E-state index contributed by atoms with van der Waals surface area (Å²) in [6.45, 7) is 11.1. The van der Waals surface area contributed by atoms with Crippen LogP contribution in [0, 0.1) is 0 Å². The zero-order chi connectivity index (χ0) is 22.9. The van der Waals surface area contributed by atoms with Crippen molar-refractivity contribution in [1.82, 2.24) is 0 Å². The van der Waals surface area contributed by atoms with E-state index in [1.165, 1.54) is 17.2 Å². The first-order valence-electron chi connectivity index (χ1n) is 11.0. The zero-order valence-corrected chi connectivity index (χ0v) is 19.3. The average molecular weight is 439 g/mol. The molecule has 0 radical (unpaired) electrons. The molecule has 0 N–H and O–H groups in total. The molecule has 6 heteroatoms. The van der Waals surface area contributed by atoms with Crippen LogP contribution in [0.4, 0.5) is 0 Å². The van der Waals surface area contributed by atoms with Crippen LogP contribution >= 0.6 is 0 Å². The van der Waals surface area contributed by atoms with Gasteiger partial charge in [0.1, 0.15) is 25.1 Å². The third-order valence-corrected chi connectivity index (χ3v) is 5.69. The second-order valence-corrected chi connectivity index (χ2v) is 9.02. The molecule has 1 aliphatic rings. The number of ether oxygens (including phenoxy) is 3. The molecule has 1 atom stereocenters. The summed E-state index contributed by atoms with van der Waals surface area (Å²) in [5.74, 6) is 1.00. The molecular formula is C26H30O6. The number of epoxide rings is 1. The van der Waals surface area contributed by atoms with Crippen molar-refractivity contribution >= 4 is 21.9 Å². The lowest BCUT2D eigenvalue weighted by molar-refractivity contribution is 0.253. The van der Waals surface area contributed by atoms with E-state index in [4.69, 9.17) is 23.0 Å². The summed E-state index contributed by atoms with van der Waals surface area (Å²) in [5, 5.41) is 1.44. The predicted octanol–water partition coefficient (Wildman–Crippen LogP) is 6.17. The van der Waals surface area contributed by atoms with E-state index in [-0.39, 0.29) is 11.7 Å². The Labute approximate surface area is 187 Å². The van der Waals surface area contributed by atoms with E-state index in [2.05, 4.69) is 32.9 Å². The van der Waals surface area contributed by atoms with Gasteiger partial charge in [0, 0.05) is 6.07 Å². The standard InChI is InChI=1S/C26H30O6/c1-16(2)7-6-8-17(3)11-13-28-22-18-9-10-21(27)31-24(18)25(23-19(22)12-14-29-23)30-15-20-26(4,5)32-20/h7,9-12,14,20H,6,8,13,15H2,1-5H3/b17-11+. The summed E-state index contributed by atoms with van der Waals surface area (Å²) in [6.07, 6.45) is 7.87. The molecule has 0 aliphatic carbocycles. The van der Waals surface area contributed by atoms with Gasteiger partial charge in [-0.2, -0.15) is 0 Å². The fraction of sp³-hybridized carbons (Fsp3) is 0.423. The van der Waals surface area contributed by atoms with Crippen LogP contribution in [0.25, 0.3) is 21.9 Å². The van der Waals surface area contributed by atoms with Gasteiger partial charge in [0.05, 0.1) is 22.6 Å². The van der Waals surface area contributed by atoms with Crippen LogP contribution in [-0.4, -0.2) is 24.9 Å². The number of furan rings is 1. The predicted molar refractivity (Wildman–Crippen MR) is 125 cm³/mol. The lowest BCUT2D eigenvalue weighted by atomic mass is 10.1. The number of fused-ring (bicyclic) bond motifs is 2. The highest BCUT2D eigenvalue weighted by Crippen LogP contribution is 2.44. The van der Waals surface area contributed by atoms with Crippen molar-refractivity contribution in [2.45, 2.75) is 59.2 Å². The Balaban J connectivity index is 1.63. The SMILES string of the molecule is CC(C)=CCC/C(C)=C/COc1c2ccoc2c(OCC2OC2(C)C)c2oc(=O)ccc12. The molecule has 170 valence electrons. The molecule has 1 fully saturated rings. The molecule has 3 heterocycles. The van der Waals surface area contributed by atoms with Crippen molar-refractivity contribution in [2.24, 2.45) is 0 Å². The van der Waals surface area contributed by atoms with E-state index in [0.717, 1.165) is 18.2 Å². The molecule has 4 rings (SSSR count). The van der Waals surface area contributed by atoms with Crippen LogP contribution in [0.15, 0.2) is 61.4 Å². The van der Waals surface area contributed by atoms with Gasteiger partial charge in [0.15, 0.2) is 11.2 Å². The third kappa shape index (κ3) is 4.75. The highest BCUT2D eigenvalue weighted by molar-refractivity contribution is 6.06. The van der Waals surface area contributed by atoms with Crippen LogP contribution < -0.4 is 15.1 Å². The number of hydrogen-bond acceptors (Lipinski definition) is 6. The Hall–Kier alpha value is -2.99. The molecule has 6 nitrogen and oxygen atoms in total. The van der Waals surface area contributed by atoms with E-state index in [1.54, 1.807) is 12.3 Å². The van der Waals surface area contributed by atoms with E-state index >= 15 is 0 Å². The molecule has 2 aromatic heterocycles. The maximum atomic E-state index is 12.0. The first kappa shape index (κ1) is 22.2. The minimum atomic E-state index is -0.461. The summed E-state index contributed by atoms with van der Waals surface area (Å²) in [7, 11) is 0. The van der Waals surface area contributed by atoms with Gasteiger partial charge in [-0.15, -0.1) is 0 Å². The van der Waals surface area contributed by atoms with Crippen molar-refractivity contribution in [1.29, 1.82) is 0 Å². The van der Waals surface area contributed by atoms with Crippen LogP contribution in [0.5, 0.6) is 11.5 Å². The fourth-order valence-electron chi connectivity index (χ4n) is 3.65. The van der Waals surface area contributed by atoms with Crippen molar-refractivity contribution < 1.29 is 23.0 Å². The van der Waals surface area contributed by atoms with Crippen LogP contribution in [0.1, 0.15) is 47.5 Å². The topological polar surface area (TPSA) is 74.3 Å². The number of allylic oxidation sites excluding steroid dienone is 3. The normalized spacial score (nSPS) is 17.5. The van der Waals surface area contributed by atoms with E-state index in [1.807, 2.05) is 19.9 Å². The molecule has 0 spiro atoms. The molecule has 1 aromatic carbocycles. The molecule has 1 saturated heterocycles. The minimum absolute atomic E-state index is 0.0200. The van der Waals surface area contributed by atoms with Gasteiger partial charge < -0.3 is 23.0 Å². The lowest BCUT2D eigenvalue weighted by Gasteiger charge is -2.13. The smallest absolute Gasteiger partial charge is 0.336 e. The monoisotopic (exact) mass is 438 g/mol. The summed E-state index contributed by atoms with van der Waals surface area (Å²) in [6, 6.07) is 4.93. The maximum absolute atomic E-state index is 12.0. The largest absolute Gasteiger partial charge is 0.488 e. The van der Waals surface area contributed by atoms with Gasteiger partial charge >= 0.3 is 5.63 Å². The van der Waals surface area contributed by atoms with Crippen molar-refractivity contribution in [3.05, 3.63) is 58.2 Å². The molecule has 0 bridgehead atoms. The Kier molecular flexibility index (Phi) is 6.15. The Morgan fingerprint density at radius 2 is 1.78 bits per heavy atom. The molecule has 1 aliphatic heterocycles. The molecule has 0 amide bonds. The number of hydrogen-bond donors (Lipinski definition) is 0. The van der Waals surface area contributed by atoms with Gasteiger partial charge in [-0.05, 0) is 65.7 Å². The van der Waals surface area contributed by atoms with E-state index in [9.17, 15) is 4.79 Å². The summed E-state index contributed by atoms with van der Waals surface area (Å²) in [4.78, 5) is 12.0. The van der Waals surface area contributed by atoms with Gasteiger partial charge in [0.25, 0.3) is 0 Å². The summed E-state index contributed by atoms with van der Waals surface area (Å²) in [5.41, 5.74) is 2.72. The Bertz CT molecular complexity index is 1240. The van der Waals surface area contributed by atoms with Gasteiger partial charge in [0.2, 0.25) is 5.75 Å². The molecular weight excluding hydrogens is 408 g/mol. The Morgan fingerprint density at radius 3 is 2.50 bits per heavy atom. The number of benzene rings is 1. The third-order valence-electron chi connectivity index (χ3n) is 5.69. The highest BCUT2D eigenvalue weighted by atomic mass is 16.6. The first-order chi connectivity index (χ1) is 15.3. The van der Waals surface area contributed by atoms with Gasteiger partial charge in [-0.3, -0.25) is 0 Å². The minimum Gasteiger partial charge on any atom is -0.488 e.